The quantitative estimate of drug-likeness (QED) is 0.827. The monoisotopic (exact) mass is 245 g/mol. The Kier molecular flexibility index (Phi) is 2.58. The standard InChI is InChI=1S/C14H16FN3/c1-18(9-4-2-5-9)14-11(15)8-12(16)10-6-3-7-17-13(10)14/h3,6-9H,2,4-5,16H2,1H3. The van der Waals surface area contributed by atoms with Gasteiger partial charge < -0.3 is 10.6 Å². The number of aromatic nitrogens is 1. The molecule has 1 fully saturated rings. The first kappa shape index (κ1) is 11.3. The van der Waals surface area contributed by atoms with Gasteiger partial charge in [-0.1, -0.05) is 0 Å². The van der Waals surface area contributed by atoms with E-state index in [9.17, 15) is 4.39 Å². The highest BCUT2D eigenvalue weighted by atomic mass is 19.1. The second-order valence-corrected chi connectivity index (χ2v) is 4.89. The average Bonchev–Trinajstić information content (AvgIpc) is 2.26. The van der Waals surface area contributed by atoms with Crippen LogP contribution in [0.2, 0.25) is 0 Å². The molecule has 1 saturated carbocycles. The van der Waals surface area contributed by atoms with Gasteiger partial charge in [0.1, 0.15) is 0 Å². The van der Waals surface area contributed by atoms with Crippen LogP contribution in [0.15, 0.2) is 24.4 Å². The van der Waals surface area contributed by atoms with Crippen LogP contribution in [0.1, 0.15) is 19.3 Å². The van der Waals surface area contributed by atoms with Gasteiger partial charge >= 0.3 is 0 Å². The first-order valence-electron chi connectivity index (χ1n) is 6.24. The summed E-state index contributed by atoms with van der Waals surface area (Å²) in [5.74, 6) is -0.284. The third-order valence-electron chi connectivity index (χ3n) is 3.83. The number of nitrogens with zero attached hydrogens (tertiary/aromatic N) is 2. The van der Waals surface area contributed by atoms with Crippen LogP contribution in [0.5, 0.6) is 0 Å². The molecule has 0 aliphatic heterocycles. The molecule has 0 saturated heterocycles. The lowest BCUT2D eigenvalue weighted by Crippen LogP contribution is -2.37. The van der Waals surface area contributed by atoms with Gasteiger partial charge in [-0.15, -0.1) is 0 Å². The van der Waals surface area contributed by atoms with Crippen molar-refractivity contribution in [2.24, 2.45) is 0 Å². The van der Waals surface area contributed by atoms with Gasteiger partial charge in [0.25, 0.3) is 0 Å². The summed E-state index contributed by atoms with van der Waals surface area (Å²) in [7, 11) is 1.94. The zero-order chi connectivity index (χ0) is 12.7. The molecule has 1 heterocycles. The average molecular weight is 245 g/mol. The third-order valence-corrected chi connectivity index (χ3v) is 3.83. The molecule has 0 atom stereocenters. The van der Waals surface area contributed by atoms with Crippen molar-refractivity contribution < 1.29 is 4.39 Å². The molecule has 1 aliphatic rings. The minimum atomic E-state index is -0.284. The third kappa shape index (κ3) is 1.60. The van der Waals surface area contributed by atoms with Crippen LogP contribution in [-0.4, -0.2) is 18.1 Å². The lowest BCUT2D eigenvalue weighted by atomic mass is 9.91. The van der Waals surface area contributed by atoms with E-state index >= 15 is 0 Å². The Bertz CT molecular complexity index is 593. The number of benzene rings is 1. The van der Waals surface area contributed by atoms with E-state index in [1.807, 2.05) is 24.1 Å². The fourth-order valence-electron chi connectivity index (χ4n) is 2.51. The molecule has 1 aromatic carbocycles. The zero-order valence-electron chi connectivity index (χ0n) is 10.4. The SMILES string of the molecule is CN(c1c(F)cc(N)c2cccnc12)C1CCC1. The van der Waals surface area contributed by atoms with Crippen LogP contribution < -0.4 is 10.6 Å². The van der Waals surface area contributed by atoms with Crippen LogP contribution in [0.25, 0.3) is 10.9 Å². The Balaban J connectivity index is 2.20. The molecule has 94 valence electrons. The molecule has 4 heteroatoms. The minimum absolute atomic E-state index is 0.284. The van der Waals surface area contributed by atoms with Crippen molar-refractivity contribution in [1.29, 1.82) is 0 Å². The molecule has 0 amide bonds. The van der Waals surface area contributed by atoms with Gasteiger partial charge in [0.05, 0.1) is 11.2 Å². The summed E-state index contributed by atoms with van der Waals surface area (Å²) in [5.41, 5.74) is 7.53. The molecule has 0 unspecified atom stereocenters. The first-order chi connectivity index (χ1) is 8.68. The maximum Gasteiger partial charge on any atom is 0.150 e. The Morgan fingerprint density at radius 2 is 2.22 bits per heavy atom. The Labute approximate surface area is 105 Å². The molecule has 3 rings (SSSR count). The summed E-state index contributed by atoms with van der Waals surface area (Å²) in [4.78, 5) is 6.31. The van der Waals surface area contributed by atoms with Gasteiger partial charge in [0.15, 0.2) is 5.82 Å². The van der Waals surface area contributed by atoms with Crippen molar-refractivity contribution in [1.82, 2.24) is 4.98 Å². The summed E-state index contributed by atoms with van der Waals surface area (Å²) in [5, 5.41) is 0.820. The van der Waals surface area contributed by atoms with Gasteiger partial charge in [-0.3, -0.25) is 4.98 Å². The molecule has 0 spiro atoms. The highest BCUT2D eigenvalue weighted by molar-refractivity contribution is 5.98. The van der Waals surface area contributed by atoms with Crippen molar-refractivity contribution in [3.8, 4) is 0 Å². The van der Waals surface area contributed by atoms with E-state index in [1.165, 1.54) is 12.5 Å². The lowest BCUT2D eigenvalue weighted by Gasteiger charge is -2.36. The van der Waals surface area contributed by atoms with Crippen LogP contribution in [-0.2, 0) is 0 Å². The Hall–Kier alpha value is -1.84. The van der Waals surface area contributed by atoms with Crippen molar-refractivity contribution in [3.63, 3.8) is 0 Å². The van der Waals surface area contributed by atoms with Crippen molar-refractivity contribution in [2.45, 2.75) is 25.3 Å². The number of anilines is 2. The fraction of sp³-hybridized carbons (Fsp3) is 0.357. The lowest BCUT2D eigenvalue weighted by molar-refractivity contribution is 0.398. The number of fused-ring (bicyclic) bond motifs is 1. The summed E-state index contributed by atoms with van der Waals surface area (Å²) < 4.78 is 14.2. The van der Waals surface area contributed by atoms with Crippen molar-refractivity contribution in [3.05, 3.63) is 30.2 Å². The first-order valence-corrected chi connectivity index (χ1v) is 6.24. The van der Waals surface area contributed by atoms with E-state index in [4.69, 9.17) is 5.73 Å². The molecule has 0 bridgehead atoms. The zero-order valence-corrected chi connectivity index (χ0v) is 10.4. The normalized spacial score (nSPS) is 15.7. The predicted molar refractivity (Wildman–Crippen MR) is 72.2 cm³/mol. The fourth-order valence-corrected chi connectivity index (χ4v) is 2.51. The second kappa shape index (κ2) is 4.12. The molecular formula is C14H16FN3. The van der Waals surface area contributed by atoms with E-state index in [1.54, 1.807) is 6.20 Å². The molecule has 2 aromatic rings. The van der Waals surface area contributed by atoms with Crippen molar-refractivity contribution in [2.75, 3.05) is 17.7 Å². The molecule has 3 nitrogen and oxygen atoms in total. The highest BCUT2D eigenvalue weighted by Crippen LogP contribution is 2.36. The molecule has 0 radical (unpaired) electrons. The number of hydrogen-bond donors (Lipinski definition) is 1. The van der Waals surface area contributed by atoms with Crippen LogP contribution in [0.4, 0.5) is 15.8 Å². The smallest absolute Gasteiger partial charge is 0.150 e. The summed E-state index contributed by atoms with van der Waals surface area (Å²) in [6.45, 7) is 0. The van der Waals surface area contributed by atoms with Crippen molar-refractivity contribution >= 4 is 22.3 Å². The number of nitrogen functional groups attached to an aromatic ring is 1. The van der Waals surface area contributed by atoms with Gasteiger partial charge in [-0.2, -0.15) is 0 Å². The molecule has 1 aromatic heterocycles. The van der Waals surface area contributed by atoms with E-state index in [2.05, 4.69) is 4.98 Å². The number of halogens is 1. The Morgan fingerprint density at radius 1 is 1.44 bits per heavy atom. The minimum Gasteiger partial charge on any atom is -0.398 e. The summed E-state index contributed by atoms with van der Waals surface area (Å²) in [6.07, 6.45) is 5.14. The molecular weight excluding hydrogens is 229 g/mol. The molecule has 2 N–H and O–H groups in total. The van der Waals surface area contributed by atoms with E-state index < -0.39 is 0 Å². The van der Waals surface area contributed by atoms with E-state index in [0.29, 0.717) is 22.9 Å². The van der Waals surface area contributed by atoms with Crippen LogP contribution >= 0.6 is 0 Å². The van der Waals surface area contributed by atoms with Gasteiger partial charge in [0.2, 0.25) is 0 Å². The highest BCUT2D eigenvalue weighted by Gasteiger charge is 2.26. The van der Waals surface area contributed by atoms with Gasteiger partial charge in [0, 0.05) is 30.4 Å². The maximum absolute atomic E-state index is 14.2. The van der Waals surface area contributed by atoms with Gasteiger partial charge in [-0.05, 0) is 37.5 Å². The van der Waals surface area contributed by atoms with E-state index in [-0.39, 0.29) is 5.82 Å². The topological polar surface area (TPSA) is 42.1 Å². The second-order valence-electron chi connectivity index (χ2n) is 4.89. The predicted octanol–water partition coefficient (Wildman–Crippen LogP) is 2.94. The molecule has 18 heavy (non-hydrogen) atoms. The summed E-state index contributed by atoms with van der Waals surface area (Å²) in [6, 6.07) is 5.53. The maximum atomic E-state index is 14.2. The number of hydrogen-bond acceptors (Lipinski definition) is 3. The Morgan fingerprint density at radius 3 is 2.89 bits per heavy atom. The number of pyridine rings is 1. The van der Waals surface area contributed by atoms with Crippen LogP contribution in [0, 0.1) is 5.82 Å². The number of rotatable bonds is 2. The molecule has 1 aliphatic carbocycles. The number of nitrogens with two attached hydrogens (primary N) is 1. The van der Waals surface area contributed by atoms with Gasteiger partial charge in [-0.25, -0.2) is 4.39 Å². The summed E-state index contributed by atoms with van der Waals surface area (Å²) >= 11 is 0. The van der Waals surface area contributed by atoms with Crippen LogP contribution in [0.3, 0.4) is 0 Å². The largest absolute Gasteiger partial charge is 0.398 e. The van der Waals surface area contributed by atoms with E-state index in [0.717, 1.165) is 18.2 Å².